The first-order valence-corrected chi connectivity index (χ1v) is 8.18. The van der Waals surface area contributed by atoms with Crippen molar-refractivity contribution in [2.24, 2.45) is 0 Å². The first-order valence-electron chi connectivity index (χ1n) is 8.18. The molecule has 0 fully saturated rings. The molecule has 0 aliphatic heterocycles. The summed E-state index contributed by atoms with van der Waals surface area (Å²) in [7, 11) is 0. The minimum atomic E-state index is -1.10. The summed E-state index contributed by atoms with van der Waals surface area (Å²) in [4.78, 5) is 15.3. The van der Waals surface area contributed by atoms with Gasteiger partial charge in [-0.15, -0.1) is 0 Å². The van der Waals surface area contributed by atoms with E-state index in [-0.39, 0.29) is 0 Å². The third-order valence-electron chi connectivity index (χ3n) is 3.56. The smallest absolute Gasteiger partial charge is 0.349 e. The SMILES string of the molecule is [C-]#[N+]c1cc(N)cc(Oc2ccc(OC(C)(C)C(=O)OCC)c(C)c2)c1. The summed E-state index contributed by atoms with van der Waals surface area (Å²) in [6.07, 6.45) is 0. The maximum absolute atomic E-state index is 12.0. The maximum atomic E-state index is 12.0. The Morgan fingerprint density at radius 1 is 1.19 bits per heavy atom. The molecule has 136 valence electrons. The van der Waals surface area contributed by atoms with Gasteiger partial charge in [0.25, 0.3) is 0 Å². The van der Waals surface area contributed by atoms with Gasteiger partial charge in [-0.05, 0) is 63.6 Å². The molecule has 0 amide bonds. The molecule has 0 heterocycles. The second-order valence-electron chi connectivity index (χ2n) is 6.23. The van der Waals surface area contributed by atoms with Crippen LogP contribution in [0, 0.1) is 13.5 Å². The lowest BCUT2D eigenvalue weighted by molar-refractivity contribution is -0.158. The summed E-state index contributed by atoms with van der Waals surface area (Å²) < 4.78 is 16.6. The molecule has 2 N–H and O–H groups in total. The molecular weight excluding hydrogens is 332 g/mol. The Hall–Kier alpha value is -3.20. The van der Waals surface area contributed by atoms with Crippen molar-refractivity contribution in [3.63, 3.8) is 0 Å². The van der Waals surface area contributed by atoms with Crippen LogP contribution in [0.5, 0.6) is 17.2 Å². The molecule has 6 nitrogen and oxygen atoms in total. The number of rotatable bonds is 6. The highest BCUT2D eigenvalue weighted by Gasteiger charge is 2.32. The molecule has 0 saturated carbocycles. The van der Waals surface area contributed by atoms with Gasteiger partial charge in [0.15, 0.2) is 11.3 Å². The van der Waals surface area contributed by atoms with Gasteiger partial charge < -0.3 is 19.9 Å². The van der Waals surface area contributed by atoms with Crippen molar-refractivity contribution >= 4 is 17.3 Å². The second-order valence-corrected chi connectivity index (χ2v) is 6.23. The predicted molar refractivity (Wildman–Crippen MR) is 99.7 cm³/mol. The number of benzene rings is 2. The van der Waals surface area contributed by atoms with Crippen LogP contribution in [0.2, 0.25) is 0 Å². The van der Waals surface area contributed by atoms with Gasteiger partial charge in [-0.3, -0.25) is 0 Å². The molecule has 0 unspecified atom stereocenters. The van der Waals surface area contributed by atoms with Gasteiger partial charge in [0, 0.05) is 11.8 Å². The Labute approximate surface area is 153 Å². The molecule has 26 heavy (non-hydrogen) atoms. The van der Waals surface area contributed by atoms with E-state index in [2.05, 4.69) is 4.85 Å². The van der Waals surface area contributed by atoms with Gasteiger partial charge in [0.05, 0.1) is 13.2 Å². The molecule has 2 aromatic rings. The normalized spacial score (nSPS) is 10.7. The Bertz CT molecular complexity index is 853. The van der Waals surface area contributed by atoms with Crippen LogP contribution in [0.4, 0.5) is 11.4 Å². The number of nitrogen functional groups attached to an aromatic ring is 1. The van der Waals surface area contributed by atoms with E-state index in [1.54, 1.807) is 57.2 Å². The Morgan fingerprint density at radius 3 is 2.54 bits per heavy atom. The molecule has 0 aliphatic rings. The highest BCUT2D eigenvalue weighted by molar-refractivity contribution is 5.79. The standard InChI is InChI=1S/C20H22N2O4/c1-6-24-19(23)20(3,4)26-18-8-7-16(9-13(18)2)25-17-11-14(21)10-15(12-17)22-5/h7-12H,6,21H2,1-4H3. The fourth-order valence-electron chi connectivity index (χ4n) is 2.29. The average molecular weight is 354 g/mol. The second kappa shape index (κ2) is 7.79. The van der Waals surface area contributed by atoms with Crippen LogP contribution in [0.3, 0.4) is 0 Å². The van der Waals surface area contributed by atoms with E-state index < -0.39 is 11.6 Å². The summed E-state index contributed by atoms with van der Waals surface area (Å²) in [6, 6.07) is 10.1. The predicted octanol–water partition coefficient (Wildman–Crippen LogP) is 4.64. The molecule has 0 spiro atoms. The number of aryl methyl sites for hydroxylation is 1. The van der Waals surface area contributed by atoms with Crippen molar-refractivity contribution in [2.45, 2.75) is 33.3 Å². The zero-order valence-corrected chi connectivity index (χ0v) is 15.3. The van der Waals surface area contributed by atoms with Crippen molar-refractivity contribution in [3.05, 3.63) is 53.4 Å². The number of ether oxygens (including phenoxy) is 3. The van der Waals surface area contributed by atoms with Crippen LogP contribution in [0.25, 0.3) is 4.85 Å². The summed E-state index contributed by atoms with van der Waals surface area (Å²) >= 11 is 0. The molecular formula is C20H22N2O4. The Balaban J connectivity index is 2.18. The van der Waals surface area contributed by atoms with Crippen molar-refractivity contribution < 1.29 is 19.0 Å². The minimum Gasteiger partial charge on any atom is -0.476 e. The summed E-state index contributed by atoms with van der Waals surface area (Å²) in [5.41, 5.74) is 6.35. The number of nitrogens with zero attached hydrogens (tertiary/aromatic N) is 1. The molecule has 0 saturated heterocycles. The summed E-state index contributed by atoms with van der Waals surface area (Å²) in [6.45, 7) is 14.3. The number of esters is 1. The van der Waals surface area contributed by atoms with Crippen LogP contribution in [0.1, 0.15) is 26.3 Å². The van der Waals surface area contributed by atoms with Crippen molar-refractivity contribution in [3.8, 4) is 17.2 Å². The quantitative estimate of drug-likeness (QED) is 0.465. The molecule has 0 bridgehead atoms. The maximum Gasteiger partial charge on any atom is 0.349 e. The molecule has 0 radical (unpaired) electrons. The van der Waals surface area contributed by atoms with Crippen LogP contribution >= 0.6 is 0 Å². The van der Waals surface area contributed by atoms with Crippen LogP contribution in [-0.2, 0) is 9.53 Å². The van der Waals surface area contributed by atoms with Crippen molar-refractivity contribution in [1.82, 2.24) is 0 Å². The molecule has 6 heteroatoms. The van der Waals surface area contributed by atoms with E-state index in [4.69, 9.17) is 26.5 Å². The molecule has 0 aliphatic carbocycles. The van der Waals surface area contributed by atoms with Gasteiger partial charge >= 0.3 is 5.97 Å². The summed E-state index contributed by atoms with van der Waals surface area (Å²) in [5.74, 6) is 1.19. The van der Waals surface area contributed by atoms with E-state index in [0.717, 1.165) is 5.56 Å². The number of carbonyl (C=O) groups excluding carboxylic acids is 1. The molecule has 2 aromatic carbocycles. The number of nitrogens with two attached hydrogens (primary N) is 1. The lowest BCUT2D eigenvalue weighted by Crippen LogP contribution is -2.39. The third kappa shape index (κ3) is 4.67. The fourth-order valence-corrected chi connectivity index (χ4v) is 2.29. The highest BCUT2D eigenvalue weighted by atomic mass is 16.6. The molecule has 2 rings (SSSR count). The monoisotopic (exact) mass is 354 g/mol. The lowest BCUT2D eigenvalue weighted by Gasteiger charge is -2.25. The Kier molecular flexibility index (Phi) is 5.73. The summed E-state index contributed by atoms with van der Waals surface area (Å²) in [5, 5.41) is 0. The Morgan fingerprint density at radius 2 is 1.92 bits per heavy atom. The lowest BCUT2D eigenvalue weighted by atomic mass is 10.1. The van der Waals surface area contributed by atoms with E-state index in [1.165, 1.54) is 0 Å². The zero-order valence-electron chi connectivity index (χ0n) is 15.3. The minimum absolute atomic E-state index is 0.296. The van der Waals surface area contributed by atoms with Gasteiger partial charge in [0.1, 0.15) is 17.2 Å². The number of hydrogen-bond donors (Lipinski definition) is 1. The van der Waals surface area contributed by atoms with E-state index >= 15 is 0 Å². The number of anilines is 1. The molecule has 0 aromatic heterocycles. The van der Waals surface area contributed by atoms with Crippen molar-refractivity contribution in [2.75, 3.05) is 12.3 Å². The fraction of sp³-hybridized carbons (Fsp3) is 0.300. The first kappa shape index (κ1) is 19.1. The molecule has 0 atom stereocenters. The number of hydrogen-bond acceptors (Lipinski definition) is 5. The van der Waals surface area contributed by atoms with Gasteiger partial charge in [0.2, 0.25) is 0 Å². The third-order valence-corrected chi connectivity index (χ3v) is 3.56. The van der Waals surface area contributed by atoms with E-state index in [9.17, 15) is 4.79 Å². The van der Waals surface area contributed by atoms with Gasteiger partial charge in [-0.1, -0.05) is 0 Å². The average Bonchev–Trinajstić information content (AvgIpc) is 2.57. The van der Waals surface area contributed by atoms with Crippen LogP contribution < -0.4 is 15.2 Å². The van der Waals surface area contributed by atoms with Crippen LogP contribution in [-0.4, -0.2) is 18.2 Å². The van der Waals surface area contributed by atoms with E-state index in [1.807, 2.05) is 6.92 Å². The zero-order chi connectivity index (χ0) is 19.3. The van der Waals surface area contributed by atoms with Gasteiger partial charge in [-0.25, -0.2) is 9.64 Å². The first-order chi connectivity index (χ1) is 12.2. The topological polar surface area (TPSA) is 75.1 Å². The van der Waals surface area contributed by atoms with E-state index in [0.29, 0.717) is 35.2 Å². The van der Waals surface area contributed by atoms with Gasteiger partial charge in [-0.2, -0.15) is 0 Å². The largest absolute Gasteiger partial charge is 0.476 e. The number of carbonyl (C=O) groups is 1. The van der Waals surface area contributed by atoms with Crippen LogP contribution in [0.15, 0.2) is 36.4 Å². The van der Waals surface area contributed by atoms with Crippen molar-refractivity contribution in [1.29, 1.82) is 0 Å². The highest BCUT2D eigenvalue weighted by Crippen LogP contribution is 2.32.